The Bertz CT molecular complexity index is 419. The molecule has 2 atom stereocenters. The van der Waals surface area contributed by atoms with E-state index in [2.05, 4.69) is 30.3 Å². The van der Waals surface area contributed by atoms with Gasteiger partial charge in [-0.2, -0.15) is 0 Å². The van der Waals surface area contributed by atoms with Gasteiger partial charge in [0, 0.05) is 24.2 Å². The first-order valence-corrected chi connectivity index (χ1v) is 7.31. The first-order chi connectivity index (χ1) is 9.08. The maximum absolute atomic E-state index is 10.0. The average Bonchev–Trinajstić information content (AvgIpc) is 2.37. The fourth-order valence-electron chi connectivity index (χ4n) is 2.84. The lowest BCUT2D eigenvalue weighted by Gasteiger charge is -2.33. The van der Waals surface area contributed by atoms with Crippen LogP contribution in [0, 0.1) is 6.92 Å². The highest BCUT2D eigenvalue weighted by molar-refractivity contribution is 5.37. The van der Waals surface area contributed by atoms with Crippen molar-refractivity contribution in [3.8, 4) is 5.75 Å². The molecule has 0 aliphatic carbocycles. The summed E-state index contributed by atoms with van der Waals surface area (Å²) in [4.78, 5) is 2.44. The van der Waals surface area contributed by atoms with Gasteiger partial charge >= 0.3 is 0 Å². The Balaban J connectivity index is 1.91. The Labute approximate surface area is 116 Å². The number of piperidine rings is 1. The molecule has 0 radical (unpaired) electrons. The summed E-state index contributed by atoms with van der Waals surface area (Å²) in [5.41, 5.74) is 2.09. The molecule has 1 saturated heterocycles. The minimum atomic E-state index is 0.191. The zero-order valence-electron chi connectivity index (χ0n) is 12.3. The molecular formula is C16H26N2O. The molecule has 3 heteroatoms. The van der Waals surface area contributed by atoms with Crippen LogP contribution in [0.25, 0.3) is 0 Å². The Morgan fingerprint density at radius 3 is 2.89 bits per heavy atom. The number of aromatic hydroxyl groups is 1. The maximum Gasteiger partial charge on any atom is 0.120 e. The number of nitrogens with zero attached hydrogens (tertiary/aromatic N) is 1. The molecule has 1 aliphatic heterocycles. The molecule has 3 nitrogen and oxygen atoms in total. The predicted molar refractivity (Wildman–Crippen MR) is 79.5 cm³/mol. The van der Waals surface area contributed by atoms with E-state index in [0.29, 0.717) is 11.8 Å². The van der Waals surface area contributed by atoms with Crippen molar-refractivity contribution in [1.82, 2.24) is 10.2 Å². The number of benzene rings is 1. The van der Waals surface area contributed by atoms with Gasteiger partial charge in [-0.1, -0.05) is 18.6 Å². The van der Waals surface area contributed by atoms with Gasteiger partial charge in [-0.05, 0) is 51.9 Å². The molecule has 2 N–H and O–H groups in total. The summed E-state index contributed by atoms with van der Waals surface area (Å²) in [6, 6.07) is 6.73. The van der Waals surface area contributed by atoms with E-state index >= 15 is 0 Å². The van der Waals surface area contributed by atoms with Crippen LogP contribution in [0.15, 0.2) is 18.2 Å². The normalized spacial score (nSPS) is 22.4. The standard InChI is InChI=1S/C16H26N2O/c1-12-7-8-15(16(19)10-12)13(2)17-11-14-6-4-5-9-18(14)3/h7-8,10,13-14,17,19H,4-6,9,11H2,1-3H3. The molecule has 0 aromatic heterocycles. The third kappa shape index (κ3) is 3.71. The number of likely N-dealkylation sites (tertiary alicyclic amines) is 1. The topological polar surface area (TPSA) is 35.5 Å². The van der Waals surface area contributed by atoms with Crippen LogP contribution in [0.1, 0.15) is 43.4 Å². The maximum atomic E-state index is 10.0. The summed E-state index contributed by atoms with van der Waals surface area (Å²) in [5, 5.41) is 13.6. The number of rotatable bonds is 4. The summed E-state index contributed by atoms with van der Waals surface area (Å²) in [6.07, 6.45) is 3.93. The van der Waals surface area contributed by atoms with Crippen LogP contribution in [0.3, 0.4) is 0 Å². The van der Waals surface area contributed by atoms with Gasteiger partial charge in [0.2, 0.25) is 0 Å². The van der Waals surface area contributed by atoms with Crippen LogP contribution in [0.4, 0.5) is 0 Å². The van der Waals surface area contributed by atoms with Crippen molar-refractivity contribution in [1.29, 1.82) is 0 Å². The molecule has 0 spiro atoms. The third-order valence-corrected chi connectivity index (χ3v) is 4.23. The molecule has 2 unspecified atom stereocenters. The number of phenolic OH excluding ortho intramolecular Hbond substituents is 1. The van der Waals surface area contributed by atoms with Crippen molar-refractivity contribution < 1.29 is 5.11 Å². The van der Waals surface area contributed by atoms with Crippen molar-refractivity contribution in [2.24, 2.45) is 0 Å². The summed E-state index contributed by atoms with van der Waals surface area (Å²) >= 11 is 0. The van der Waals surface area contributed by atoms with Crippen LogP contribution in [-0.2, 0) is 0 Å². The molecule has 1 heterocycles. The predicted octanol–water partition coefficient (Wildman–Crippen LogP) is 2.84. The second kappa shape index (κ2) is 6.40. The molecule has 0 bridgehead atoms. The largest absolute Gasteiger partial charge is 0.508 e. The fraction of sp³-hybridized carbons (Fsp3) is 0.625. The summed E-state index contributed by atoms with van der Waals surface area (Å²) in [7, 11) is 2.21. The van der Waals surface area contributed by atoms with Gasteiger partial charge in [-0.25, -0.2) is 0 Å². The smallest absolute Gasteiger partial charge is 0.120 e. The minimum Gasteiger partial charge on any atom is -0.508 e. The van der Waals surface area contributed by atoms with E-state index < -0.39 is 0 Å². The first-order valence-electron chi connectivity index (χ1n) is 7.31. The number of aryl methyl sites for hydroxylation is 1. The Hall–Kier alpha value is -1.06. The Kier molecular flexibility index (Phi) is 4.83. The van der Waals surface area contributed by atoms with Gasteiger partial charge in [-0.3, -0.25) is 0 Å². The van der Waals surface area contributed by atoms with Gasteiger partial charge in [0.1, 0.15) is 5.75 Å². The number of nitrogens with one attached hydrogen (secondary N) is 1. The number of hydrogen-bond acceptors (Lipinski definition) is 3. The van der Waals surface area contributed by atoms with Gasteiger partial charge in [0.25, 0.3) is 0 Å². The number of likely N-dealkylation sites (N-methyl/N-ethyl adjacent to an activating group) is 1. The van der Waals surface area contributed by atoms with Gasteiger partial charge in [0.15, 0.2) is 0 Å². The van der Waals surface area contributed by atoms with Gasteiger partial charge in [0.05, 0.1) is 0 Å². The second-order valence-electron chi connectivity index (χ2n) is 5.82. The lowest BCUT2D eigenvalue weighted by Crippen LogP contribution is -2.43. The zero-order chi connectivity index (χ0) is 13.8. The average molecular weight is 262 g/mol. The van der Waals surface area contributed by atoms with Crippen molar-refractivity contribution >= 4 is 0 Å². The molecule has 0 saturated carbocycles. The third-order valence-electron chi connectivity index (χ3n) is 4.23. The van der Waals surface area contributed by atoms with E-state index in [9.17, 15) is 5.11 Å². The Morgan fingerprint density at radius 2 is 2.21 bits per heavy atom. The van der Waals surface area contributed by atoms with Crippen molar-refractivity contribution in [2.75, 3.05) is 20.1 Å². The van der Waals surface area contributed by atoms with E-state index in [4.69, 9.17) is 0 Å². The summed E-state index contributed by atoms with van der Waals surface area (Å²) in [5.74, 6) is 0.400. The molecule has 1 aliphatic rings. The molecule has 106 valence electrons. The fourth-order valence-corrected chi connectivity index (χ4v) is 2.84. The highest BCUT2D eigenvalue weighted by Gasteiger charge is 2.19. The van der Waals surface area contributed by atoms with E-state index in [1.807, 2.05) is 19.1 Å². The van der Waals surface area contributed by atoms with Crippen LogP contribution in [0.2, 0.25) is 0 Å². The lowest BCUT2D eigenvalue weighted by atomic mass is 10.0. The molecule has 1 aromatic carbocycles. The van der Waals surface area contributed by atoms with Crippen LogP contribution >= 0.6 is 0 Å². The lowest BCUT2D eigenvalue weighted by molar-refractivity contribution is 0.178. The zero-order valence-corrected chi connectivity index (χ0v) is 12.3. The van der Waals surface area contributed by atoms with Crippen molar-refractivity contribution in [3.05, 3.63) is 29.3 Å². The molecule has 0 amide bonds. The first kappa shape index (κ1) is 14.4. The molecule has 2 rings (SSSR count). The summed E-state index contributed by atoms with van der Waals surface area (Å²) in [6.45, 7) is 6.31. The van der Waals surface area contributed by atoms with E-state index in [-0.39, 0.29) is 6.04 Å². The number of phenols is 1. The minimum absolute atomic E-state index is 0.191. The quantitative estimate of drug-likeness (QED) is 0.876. The van der Waals surface area contributed by atoms with Crippen LogP contribution < -0.4 is 5.32 Å². The molecule has 1 fully saturated rings. The van der Waals surface area contributed by atoms with E-state index in [1.54, 1.807) is 0 Å². The van der Waals surface area contributed by atoms with Crippen LogP contribution in [0.5, 0.6) is 5.75 Å². The van der Waals surface area contributed by atoms with Gasteiger partial charge in [-0.15, -0.1) is 0 Å². The molecular weight excluding hydrogens is 236 g/mol. The molecule has 19 heavy (non-hydrogen) atoms. The van der Waals surface area contributed by atoms with Crippen molar-refractivity contribution in [3.63, 3.8) is 0 Å². The van der Waals surface area contributed by atoms with E-state index in [1.165, 1.54) is 25.8 Å². The monoisotopic (exact) mass is 262 g/mol. The highest BCUT2D eigenvalue weighted by atomic mass is 16.3. The Morgan fingerprint density at radius 1 is 1.42 bits per heavy atom. The SMILES string of the molecule is Cc1ccc(C(C)NCC2CCCCN2C)c(O)c1. The number of hydrogen-bond donors (Lipinski definition) is 2. The second-order valence-corrected chi connectivity index (χ2v) is 5.82. The molecule has 1 aromatic rings. The van der Waals surface area contributed by atoms with Crippen LogP contribution in [-0.4, -0.2) is 36.2 Å². The highest BCUT2D eigenvalue weighted by Crippen LogP contribution is 2.25. The van der Waals surface area contributed by atoms with Gasteiger partial charge < -0.3 is 15.3 Å². The summed E-state index contributed by atoms with van der Waals surface area (Å²) < 4.78 is 0. The van der Waals surface area contributed by atoms with Crippen molar-refractivity contribution in [2.45, 2.75) is 45.2 Å². The van der Waals surface area contributed by atoms with E-state index in [0.717, 1.165) is 17.7 Å².